The first kappa shape index (κ1) is 14.9. The molecule has 102 valence electrons. The van der Waals surface area contributed by atoms with Gasteiger partial charge in [0.2, 0.25) is 10.0 Å². The van der Waals surface area contributed by atoms with Crippen molar-refractivity contribution in [1.82, 2.24) is 4.72 Å². The molecule has 18 heavy (non-hydrogen) atoms. The van der Waals surface area contributed by atoms with Gasteiger partial charge in [0.05, 0.1) is 11.9 Å². The minimum absolute atomic E-state index is 0.109. The monoisotopic (exact) mass is 272 g/mol. The van der Waals surface area contributed by atoms with Crippen molar-refractivity contribution in [1.29, 1.82) is 0 Å². The van der Waals surface area contributed by atoms with Gasteiger partial charge < -0.3 is 10.8 Å². The fourth-order valence-electron chi connectivity index (χ4n) is 1.81. The van der Waals surface area contributed by atoms with Gasteiger partial charge in [0.25, 0.3) is 0 Å². The van der Waals surface area contributed by atoms with E-state index in [2.05, 4.69) is 4.72 Å². The maximum atomic E-state index is 11.9. The van der Waals surface area contributed by atoms with Crippen LogP contribution in [0.3, 0.4) is 0 Å². The number of sulfonamides is 1. The minimum Gasteiger partial charge on any atom is -0.399 e. The molecular weight excluding hydrogens is 252 g/mol. The molecule has 0 radical (unpaired) electrons. The number of anilines is 1. The molecule has 0 aliphatic heterocycles. The Hall–Kier alpha value is -1.11. The average molecular weight is 272 g/mol. The molecule has 0 heterocycles. The molecular formula is C12H20N2O3S. The lowest BCUT2D eigenvalue weighted by Crippen LogP contribution is -2.35. The van der Waals surface area contributed by atoms with Crippen LogP contribution < -0.4 is 10.5 Å². The highest BCUT2D eigenvalue weighted by molar-refractivity contribution is 7.88. The van der Waals surface area contributed by atoms with Crippen molar-refractivity contribution in [3.63, 3.8) is 0 Å². The highest BCUT2D eigenvalue weighted by Crippen LogP contribution is 2.10. The van der Waals surface area contributed by atoms with Gasteiger partial charge in [-0.05, 0) is 38.0 Å². The van der Waals surface area contributed by atoms with Gasteiger partial charge in [-0.2, -0.15) is 0 Å². The highest BCUT2D eigenvalue weighted by atomic mass is 32.2. The van der Waals surface area contributed by atoms with Crippen molar-refractivity contribution in [3.05, 3.63) is 29.8 Å². The van der Waals surface area contributed by atoms with E-state index in [9.17, 15) is 13.5 Å². The fraction of sp³-hybridized carbons (Fsp3) is 0.500. The Kier molecular flexibility index (Phi) is 5.13. The third-order valence-corrected chi connectivity index (χ3v) is 3.86. The van der Waals surface area contributed by atoms with Crippen LogP contribution in [0.4, 0.5) is 5.69 Å². The number of nitrogens with one attached hydrogen (secondary N) is 1. The van der Waals surface area contributed by atoms with Crippen molar-refractivity contribution < 1.29 is 13.5 Å². The van der Waals surface area contributed by atoms with Crippen LogP contribution >= 0.6 is 0 Å². The predicted octanol–water partition coefficient (Wildman–Crippen LogP) is 0.848. The van der Waals surface area contributed by atoms with Crippen molar-refractivity contribution >= 4 is 15.7 Å². The van der Waals surface area contributed by atoms with Crippen LogP contribution in [-0.4, -0.2) is 25.7 Å². The minimum atomic E-state index is -3.41. The molecule has 0 aromatic heterocycles. The summed E-state index contributed by atoms with van der Waals surface area (Å²) >= 11 is 0. The number of nitrogen functional groups attached to an aromatic ring is 1. The molecule has 2 unspecified atom stereocenters. The van der Waals surface area contributed by atoms with Crippen molar-refractivity contribution in [3.8, 4) is 0 Å². The number of benzene rings is 1. The van der Waals surface area contributed by atoms with Crippen LogP contribution in [0.15, 0.2) is 24.3 Å². The summed E-state index contributed by atoms with van der Waals surface area (Å²) in [5, 5.41) is 9.19. The topological polar surface area (TPSA) is 92.4 Å². The third-order valence-electron chi connectivity index (χ3n) is 2.38. The van der Waals surface area contributed by atoms with E-state index in [1.165, 1.54) is 0 Å². The molecule has 0 fully saturated rings. The second-order valence-electron chi connectivity index (χ2n) is 4.61. The average Bonchev–Trinajstić information content (AvgIpc) is 2.13. The summed E-state index contributed by atoms with van der Waals surface area (Å²) in [5.41, 5.74) is 6.78. The maximum absolute atomic E-state index is 11.9. The van der Waals surface area contributed by atoms with Gasteiger partial charge in [0.1, 0.15) is 0 Å². The molecule has 2 atom stereocenters. The van der Waals surface area contributed by atoms with Gasteiger partial charge in [-0.1, -0.05) is 12.1 Å². The SMILES string of the molecule is CC(O)CC(C)NS(=O)(=O)Cc1cccc(N)c1. The summed E-state index contributed by atoms with van der Waals surface area (Å²) in [6.45, 7) is 3.35. The lowest BCUT2D eigenvalue weighted by Gasteiger charge is -2.15. The largest absolute Gasteiger partial charge is 0.399 e. The summed E-state index contributed by atoms with van der Waals surface area (Å²) in [6.07, 6.45) is -0.147. The maximum Gasteiger partial charge on any atom is 0.216 e. The first-order valence-corrected chi connectivity index (χ1v) is 7.46. The molecule has 1 rings (SSSR count). The Morgan fingerprint density at radius 2 is 2.06 bits per heavy atom. The van der Waals surface area contributed by atoms with Gasteiger partial charge in [-0.25, -0.2) is 13.1 Å². The smallest absolute Gasteiger partial charge is 0.216 e. The molecule has 1 aromatic carbocycles. The fourth-order valence-corrected chi connectivity index (χ4v) is 3.22. The zero-order valence-corrected chi connectivity index (χ0v) is 11.4. The van der Waals surface area contributed by atoms with Crippen LogP contribution in [0.1, 0.15) is 25.8 Å². The lowest BCUT2D eigenvalue weighted by molar-refractivity contribution is 0.175. The Morgan fingerprint density at radius 3 is 2.61 bits per heavy atom. The zero-order chi connectivity index (χ0) is 13.8. The summed E-state index contributed by atoms with van der Waals surface area (Å²) < 4.78 is 26.3. The zero-order valence-electron chi connectivity index (χ0n) is 10.6. The number of aliphatic hydroxyl groups excluding tert-OH is 1. The van der Waals surface area contributed by atoms with Gasteiger partial charge in [-0.15, -0.1) is 0 Å². The quantitative estimate of drug-likeness (QED) is 0.669. The second-order valence-corrected chi connectivity index (χ2v) is 6.36. The van der Waals surface area contributed by atoms with E-state index in [0.717, 1.165) is 0 Å². The number of nitrogens with two attached hydrogens (primary N) is 1. The summed E-state index contributed by atoms with van der Waals surface area (Å²) in [6, 6.07) is 6.49. The van der Waals surface area contributed by atoms with E-state index >= 15 is 0 Å². The second kappa shape index (κ2) is 6.17. The molecule has 1 aromatic rings. The van der Waals surface area contributed by atoms with Gasteiger partial charge >= 0.3 is 0 Å². The molecule has 0 aliphatic rings. The van der Waals surface area contributed by atoms with Crippen LogP contribution in [0.5, 0.6) is 0 Å². The molecule has 0 saturated carbocycles. The first-order chi connectivity index (χ1) is 8.28. The van der Waals surface area contributed by atoms with E-state index in [0.29, 0.717) is 17.7 Å². The lowest BCUT2D eigenvalue weighted by atomic mass is 10.2. The third kappa shape index (κ3) is 5.48. The van der Waals surface area contributed by atoms with Crippen molar-refractivity contribution in [2.24, 2.45) is 0 Å². The van der Waals surface area contributed by atoms with Crippen LogP contribution in [0.25, 0.3) is 0 Å². The molecule has 0 amide bonds. The summed E-state index contributed by atoms with van der Waals surface area (Å²) in [4.78, 5) is 0. The van der Waals surface area contributed by atoms with Crippen LogP contribution in [-0.2, 0) is 15.8 Å². The van der Waals surface area contributed by atoms with E-state index < -0.39 is 16.1 Å². The van der Waals surface area contributed by atoms with E-state index in [4.69, 9.17) is 5.73 Å². The Labute approximate surface area is 108 Å². The number of hydrogen-bond donors (Lipinski definition) is 3. The van der Waals surface area contributed by atoms with E-state index in [1.807, 2.05) is 0 Å². The molecule has 0 bridgehead atoms. The number of hydrogen-bond acceptors (Lipinski definition) is 4. The standard InChI is InChI=1S/C12H20N2O3S/c1-9(6-10(2)15)14-18(16,17)8-11-4-3-5-12(13)7-11/h3-5,7,9-10,14-15H,6,8,13H2,1-2H3. The Morgan fingerprint density at radius 1 is 1.39 bits per heavy atom. The van der Waals surface area contributed by atoms with Gasteiger partial charge in [0.15, 0.2) is 0 Å². The van der Waals surface area contributed by atoms with Gasteiger partial charge in [-0.3, -0.25) is 0 Å². The van der Waals surface area contributed by atoms with Gasteiger partial charge in [0, 0.05) is 11.7 Å². The molecule has 5 nitrogen and oxygen atoms in total. The van der Waals surface area contributed by atoms with Crippen LogP contribution in [0, 0.1) is 0 Å². The first-order valence-electron chi connectivity index (χ1n) is 5.81. The normalized spacial score (nSPS) is 15.3. The van der Waals surface area contributed by atoms with E-state index in [1.54, 1.807) is 38.1 Å². The summed E-state index contributed by atoms with van der Waals surface area (Å²) in [7, 11) is -3.41. The Balaban J connectivity index is 2.65. The summed E-state index contributed by atoms with van der Waals surface area (Å²) in [5.74, 6) is -0.109. The number of rotatable bonds is 6. The molecule has 6 heteroatoms. The van der Waals surface area contributed by atoms with Crippen LogP contribution in [0.2, 0.25) is 0 Å². The molecule has 0 aliphatic carbocycles. The van der Waals surface area contributed by atoms with Crippen molar-refractivity contribution in [2.75, 3.05) is 5.73 Å². The Bertz CT molecular complexity index is 486. The predicted molar refractivity (Wildman–Crippen MR) is 72.4 cm³/mol. The van der Waals surface area contributed by atoms with Crippen molar-refractivity contribution in [2.45, 2.75) is 38.2 Å². The van der Waals surface area contributed by atoms with E-state index in [-0.39, 0.29) is 11.8 Å². The molecule has 0 spiro atoms. The molecule has 4 N–H and O–H groups in total. The highest BCUT2D eigenvalue weighted by Gasteiger charge is 2.16. The molecule has 0 saturated heterocycles. The number of aliphatic hydroxyl groups is 1.